The largest absolute Gasteiger partial charge is 0.337 e. The van der Waals surface area contributed by atoms with Crippen LogP contribution in [0.15, 0.2) is 29.8 Å². The van der Waals surface area contributed by atoms with E-state index in [2.05, 4.69) is 15.0 Å². The van der Waals surface area contributed by atoms with E-state index < -0.39 is 0 Å². The molecule has 0 aromatic carbocycles. The van der Waals surface area contributed by atoms with Gasteiger partial charge < -0.3 is 4.98 Å². The van der Waals surface area contributed by atoms with E-state index in [1.807, 2.05) is 23.6 Å². The normalized spacial score (nSPS) is 11.0. The first-order valence-corrected chi connectivity index (χ1v) is 5.64. The molecule has 0 aliphatic heterocycles. The first-order valence-electron chi connectivity index (χ1n) is 4.39. The zero-order valence-electron chi connectivity index (χ0n) is 7.57. The van der Waals surface area contributed by atoms with Crippen molar-refractivity contribution in [1.29, 1.82) is 0 Å². The van der Waals surface area contributed by atoms with Crippen LogP contribution < -0.4 is 0 Å². The summed E-state index contributed by atoms with van der Waals surface area (Å²) in [6.45, 7) is 0. The predicted octanol–water partition coefficient (Wildman–Crippen LogP) is 3.34. The summed E-state index contributed by atoms with van der Waals surface area (Å²) in [6.07, 6.45) is 1.67. The van der Waals surface area contributed by atoms with Gasteiger partial charge >= 0.3 is 0 Å². The lowest BCUT2D eigenvalue weighted by Crippen LogP contribution is -1.75. The van der Waals surface area contributed by atoms with E-state index in [0.29, 0.717) is 5.15 Å². The highest BCUT2D eigenvalue weighted by molar-refractivity contribution is 7.13. The number of nitrogens with zero attached hydrogens (tertiary/aromatic N) is 2. The third-order valence-corrected chi connectivity index (χ3v) is 3.26. The second kappa shape index (κ2) is 3.32. The monoisotopic (exact) mass is 235 g/mol. The van der Waals surface area contributed by atoms with Crippen LogP contribution >= 0.6 is 22.9 Å². The quantitative estimate of drug-likeness (QED) is 0.658. The standard InChI is InChI=1S/C10H6ClN3S/c11-9-8-6(3-4-12-9)13-10(14-8)7-2-1-5-15-7/h1-5H,(H,13,14). The molecule has 15 heavy (non-hydrogen) atoms. The predicted molar refractivity (Wildman–Crippen MR) is 62.2 cm³/mol. The van der Waals surface area contributed by atoms with E-state index in [1.54, 1.807) is 17.5 Å². The summed E-state index contributed by atoms with van der Waals surface area (Å²) < 4.78 is 0. The van der Waals surface area contributed by atoms with Crippen molar-refractivity contribution in [2.45, 2.75) is 0 Å². The molecular formula is C10H6ClN3S. The van der Waals surface area contributed by atoms with Crippen LogP contribution in [-0.2, 0) is 0 Å². The fraction of sp³-hybridized carbons (Fsp3) is 0. The molecule has 0 amide bonds. The number of imidazole rings is 1. The molecule has 0 saturated carbocycles. The van der Waals surface area contributed by atoms with Crippen molar-refractivity contribution in [1.82, 2.24) is 15.0 Å². The van der Waals surface area contributed by atoms with Crippen LogP contribution in [0.5, 0.6) is 0 Å². The average molecular weight is 236 g/mol. The zero-order chi connectivity index (χ0) is 10.3. The zero-order valence-corrected chi connectivity index (χ0v) is 9.14. The van der Waals surface area contributed by atoms with E-state index in [-0.39, 0.29) is 0 Å². The topological polar surface area (TPSA) is 41.6 Å². The van der Waals surface area contributed by atoms with Crippen molar-refractivity contribution < 1.29 is 0 Å². The first-order chi connectivity index (χ1) is 7.34. The second-order valence-electron chi connectivity index (χ2n) is 3.06. The molecule has 0 unspecified atom stereocenters. The maximum absolute atomic E-state index is 5.94. The van der Waals surface area contributed by atoms with Crippen LogP contribution in [0.1, 0.15) is 0 Å². The fourth-order valence-electron chi connectivity index (χ4n) is 1.43. The van der Waals surface area contributed by atoms with Crippen LogP contribution in [0.4, 0.5) is 0 Å². The summed E-state index contributed by atoms with van der Waals surface area (Å²) >= 11 is 7.58. The van der Waals surface area contributed by atoms with Gasteiger partial charge in [0.05, 0.1) is 10.4 Å². The van der Waals surface area contributed by atoms with Crippen molar-refractivity contribution >= 4 is 34.0 Å². The van der Waals surface area contributed by atoms with Gasteiger partial charge in [0.2, 0.25) is 0 Å². The number of pyridine rings is 1. The Kier molecular flexibility index (Phi) is 1.97. The molecule has 0 saturated heterocycles. The Morgan fingerprint density at radius 1 is 1.33 bits per heavy atom. The number of halogens is 1. The Morgan fingerprint density at radius 2 is 2.27 bits per heavy atom. The Labute approximate surface area is 94.8 Å². The van der Waals surface area contributed by atoms with Crippen LogP contribution in [0.3, 0.4) is 0 Å². The summed E-state index contributed by atoms with van der Waals surface area (Å²) in [5.41, 5.74) is 1.64. The smallest absolute Gasteiger partial charge is 0.156 e. The molecule has 0 aliphatic carbocycles. The van der Waals surface area contributed by atoms with Crippen molar-refractivity contribution in [3.8, 4) is 10.7 Å². The van der Waals surface area contributed by atoms with Gasteiger partial charge in [0.1, 0.15) is 11.3 Å². The molecule has 0 aliphatic rings. The molecule has 1 N–H and O–H groups in total. The van der Waals surface area contributed by atoms with Crippen LogP contribution in [0.2, 0.25) is 5.15 Å². The number of nitrogens with one attached hydrogen (secondary N) is 1. The molecule has 0 fully saturated rings. The number of aromatic nitrogens is 3. The Morgan fingerprint density at radius 3 is 3.00 bits per heavy atom. The molecule has 5 heteroatoms. The summed E-state index contributed by atoms with van der Waals surface area (Å²) in [7, 11) is 0. The molecule has 0 bridgehead atoms. The summed E-state index contributed by atoms with van der Waals surface area (Å²) in [5, 5.41) is 2.45. The third kappa shape index (κ3) is 1.42. The van der Waals surface area contributed by atoms with E-state index in [0.717, 1.165) is 21.7 Å². The van der Waals surface area contributed by atoms with Gasteiger partial charge in [-0.3, -0.25) is 0 Å². The van der Waals surface area contributed by atoms with E-state index >= 15 is 0 Å². The second-order valence-corrected chi connectivity index (χ2v) is 4.37. The van der Waals surface area contributed by atoms with E-state index in [1.165, 1.54) is 0 Å². The van der Waals surface area contributed by atoms with Gasteiger partial charge in [-0.25, -0.2) is 9.97 Å². The van der Waals surface area contributed by atoms with Crippen molar-refractivity contribution in [3.05, 3.63) is 34.9 Å². The maximum Gasteiger partial charge on any atom is 0.156 e. The van der Waals surface area contributed by atoms with Gasteiger partial charge in [-0.1, -0.05) is 17.7 Å². The van der Waals surface area contributed by atoms with E-state index in [9.17, 15) is 0 Å². The number of H-pyrrole nitrogens is 1. The molecule has 3 aromatic rings. The summed E-state index contributed by atoms with van der Waals surface area (Å²) in [5.74, 6) is 0.843. The molecule has 0 spiro atoms. The van der Waals surface area contributed by atoms with Crippen molar-refractivity contribution in [2.24, 2.45) is 0 Å². The summed E-state index contributed by atoms with van der Waals surface area (Å²) in [6, 6.07) is 5.88. The van der Waals surface area contributed by atoms with Gasteiger partial charge in [0, 0.05) is 6.20 Å². The average Bonchev–Trinajstić information content (AvgIpc) is 2.86. The third-order valence-electron chi connectivity index (χ3n) is 2.11. The highest BCUT2D eigenvalue weighted by atomic mass is 35.5. The highest BCUT2D eigenvalue weighted by Crippen LogP contribution is 2.26. The SMILES string of the molecule is Clc1nccc2[nH]c(-c3cccs3)nc12. The highest BCUT2D eigenvalue weighted by Gasteiger charge is 2.08. The van der Waals surface area contributed by atoms with Gasteiger partial charge in [-0.2, -0.15) is 0 Å². The van der Waals surface area contributed by atoms with Crippen molar-refractivity contribution in [3.63, 3.8) is 0 Å². The summed E-state index contributed by atoms with van der Waals surface area (Å²) in [4.78, 5) is 12.7. The molecule has 74 valence electrons. The number of hydrogen-bond donors (Lipinski definition) is 1. The number of rotatable bonds is 1. The maximum atomic E-state index is 5.94. The Bertz CT molecular complexity index is 600. The molecule has 0 radical (unpaired) electrons. The molecule has 0 atom stereocenters. The van der Waals surface area contributed by atoms with Crippen LogP contribution in [0.25, 0.3) is 21.7 Å². The molecule has 3 rings (SSSR count). The van der Waals surface area contributed by atoms with E-state index in [4.69, 9.17) is 11.6 Å². The van der Waals surface area contributed by atoms with Gasteiger partial charge in [0.25, 0.3) is 0 Å². The lowest BCUT2D eigenvalue weighted by atomic mass is 10.4. The van der Waals surface area contributed by atoms with Gasteiger partial charge in [-0.05, 0) is 17.5 Å². The molecule has 3 nitrogen and oxygen atoms in total. The minimum atomic E-state index is 0.437. The Hall–Kier alpha value is -1.39. The van der Waals surface area contributed by atoms with Crippen LogP contribution in [-0.4, -0.2) is 15.0 Å². The first kappa shape index (κ1) is 8.88. The molecule has 3 aromatic heterocycles. The van der Waals surface area contributed by atoms with Gasteiger partial charge in [-0.15, -0.1) is 11.3 Å². The number of thiophene rings is 1. The van der Waals surface area contributed by atoms with Gasteiger partial charge in [0.15, 0.2) is 5.15 Å². The minimum Gasteiger partial charge on any atom is -0.337 e. The Balaban J connectivity index is 2.27. The number of hydrogen-bond acceptors (Lipinski definition) is 3. The molecule has 3 heterocycles. The number of aromatic amines is 1. The number of fused-ring (bicyclic) bond motifs is 1. The fourth-order valence-corrected chi connectivity index (χ4v) is 2.30. The lowest BCUT2D eigenvalue weighted by Gasteiger charge is -1.87. The van der Waals surface area contributed by atoms with Crippen molar-refractivity contribution in [2.75, 3.05) is 0 Å². The van der Waals surface area contributed by atoms with Crippen LogP contribution in [0, 0.1) is 0 Å². The minimum absolute atomic E-state index is 0.437. The lowest BCUT2D eigenvalue weighted by molar-refractivity contribution is 1.34. The molecular weight excluding hydrogens is 230 g/mol.